The van der Waals surface area contributed by atoms with Gasteiger partial charge in [-0.3, -0.25) is 14.5 Å². The summed E-state index contributed by atoms with van der Waals surface area (Å²) in [6.45, 7) is 0.636. The van der Waals surface area contributed by atoms with E-state index in [1.165, 1.54) is 44.6 Å². The van der Waals surface area contributed by atoms with Gasteiger partial charge in [0.1, 0.15) is 0 Å². The Bertz CT molecular complexity index is 829. The van der Waals surface area contributed by atoms with Crippen LogP contribution in [0.15, 0.2) is 18.2 Å². The highest BCUT2D eigenvalue weighted by atomic mass is 35.5. The van der Waals surface area contributed by atoms with Gasteiger partial charge in [0.2, 0.25) is 0 Å². The highest BCUT2D eigenvalue weighted by Crippen LogP contribution is 2.60. The lowest BCUT2D eigenvalue weighted by molar-refractivity contribution is -0.0848. The average Bonchev–Trinajstić information content (AvgIpc) is 2.90. The van der Waals surface area contributed by atoms with E-state index in [2.05, 4.69) is 0 Å². The number of hydrogen-bond donors (Lipinski definition) is 0. The second-order valence-electron chi connectivity index (χ2n) is 9.20. The Morgan fingerprint density at radius 1 is 1.04 bits per heavy atom. The zero-order valence-electron chi connectivity index (χ0n) is 15.8. The first kappa shape index (κ1) is 18.2. The third kappa shape index (κ3) is 2.86. The van der Waals surface area contributed by atoms with Crippen LogP contribution in [0.2, 0.25) is 0 Å². The van der Waals surface area contributed by atoms with Gasteiger partial charge >= 0.3 is 5.97 Å². The Hall–Kier alpha value is -1.88. The van der Waals surface area contributed by atoms with Crippen molar-refractivity contribution in [2.24, 2.45) is 23.2 Å². The van der Waals surface area contributed by atoms with Gasteiger partial charge in [-0.15, -0.1) is 11.6 Å². The number of rotatable bonds is 5. The molecule has 4 fully saturated rings. The lowest BCUT2D eigenvalue weighted by Gasteiger charge is -2.56. The zero-order chi connectivity index (χ0) is 19.5. The highest BCUT2D eigenvalue weighted by molar-refractivity contribution is 6.23. The molecule has 4 saturated carbocycles. The maximum Gasteiger partial charge on any atom is 0.338 e. The summed E-state index contributed by atoms with van der Waals surface area (Å²) < 4.78 is 5.74. The standard InChI is InChI=1S/C22H24ClNO4/c23-3-4-24-19(25)17-2-1-16(8-18(17)20(24)26)21(27)28-12-22-9-13-5-14(10-22)7-15(6-13)11-22/h1-2,8,13-15H,3-7,9-12H2. The molecule has 28 heavy (non-hydrogen) atoms. The van der Waals surface area contributed by atoms with E-state index in [0.717, 1.165) is 22.7 Å². The molecule has 0 N–H and O–H groups in total. The fourth-order valence-corrected chi connectivity index (χ4v) is 6.64. The third-order valence-corrected chi connectivity index (χ3v) is 7.36. The highest BCUT2D eigenvalue weighted by Gasteiger charge is 2.51. The number of benzene rings is 1. The summed E-state index contributed by atoms with van der Waals surface area (Å²) in [6, 6.07) is 4.62. The first-order chi connectivity index (χ1) is 13.5. The second-order valence-corrected chi connectivity index (χ2v) is 9.58. The summed E-state index contributed by atoms with van der Waals surface area (Å²) in [4.78, 5) is 38.6. The molecule has 0 spiro atoms. The van der Waals surface area contributed by atoms with Gasteiger partial charge < -0.3 is 4.74 Å². The van der Waals surface area contributed by atoms with Gasteiger partial charge in [-0.2, -0.15) is 0 Å². The number of hydrogen-bond acceptors (Lipinski definition) is 4. The lowest BCUT2D eigenvalue weighted by Crippen LogP contribution is -2.48. The normalized spacial score (nSPS) is 32.8. The van der Waals surface area contributed by atoms with E-state index in [-0.39, 0.29) is 29.3 Å². The van der Waals surface area contributed by atoms with Crippen molar-refractivity contribution in [1.82, 2.24) is 4.90 Å². The van der Waals surface area contributed by atoms with Crippen molar-refractivity contribution in [3.63, 3.8) is 0 Å². The summed E-state index contributed by atoms with van der Waals surface area (Å²) in [5, 5.41) is 0. The number of fused-ring (bicyclic) bond motifs is 1. The molecule has 0 unspecified atom stereocenters. The molecule has 1 aliphatic heterocycles. The molecule has 5 aliphatic rings. The SMILES string of the molecule is O=C(OCC12CC3CC(CC(C3)C1)C2)c1ccc2c(c1)C(=O)N(CCCl)C2=O. The van der Waals surface area contributed by atoms with Crippen LogP contribution >= 0.6 is 11.6 Å². The number of imide groups is 1. The molecule has 4 aliphatic carbocycles. The maximum absolute atomic E-state index is 12.7. The number of esters is 1. The third-order valence-electron chi connectivity index (χ3n) is 7.19. The molecule has 2 amide bonds. The summed E-state index contributed by atoms with van der Waals surface area (Å²) in [5.41, 5.74) is 1.08. The van der Waals surface area contributed by atoms with Crippen molar-refractivity contribution in [3.05, 3.63) is 34.9 Å². The molecular weight excluding hydrogens is 378 g/mol. The first-order valence-corrected chi connectivity index (χ1v) is 10.7. The maximum atomic E-state index is 12.7. The fourth-order valence-electron chi connectivity index (χ4n) is 6.47. The topological polar surface area (TPSA) is 63.7 Å². The van der Waals surface area contributed by atoms with Crippen LogP contribution in [0.5, 0.6) is 0 Å². The Morgan fingerprint density at radius 3 is 2.25 bits per heavy atom. The van der Waals surface area contributed by atoms with Gasteiger partial charge in [0.15, 0.2) is 0 Å². The Labute approximate surface area is 169 Å². The monoisotopic (exact) mass is 401 g/mol. The number of amides is 2. The van der Waals surface area contributed by atoms with Crippen LogP contribution in [-0.2, 0) is 4.74 Å². The van der Waals surface area contributed by atoms with Gasteiger partial charge in [-0.05, 0) is 74.5 Å². The van der Waals surface area contributed by atoms with E-state index in [1.54, 1.807) is 12.1 Å². The molecule has 5 nitrogen and oxygen atoms in total. The molecule has 6 heteroatoms. The number of ether oxygens (including phenoxy) is 1. The smallest absolute Gasteiger partial charge is 0.338 e. The van der Waals surface area contributed by atoms with E-state index in [4.69, 9.17) is 16.3 Å². The van der Waals surface area contributed by atoms with Crippen molar-refractivity contribution < 1.29 is 19.1 Å². The average molecular weight is 402 g/mol. The van der Waals surface area contributed by atoms with Crippen LogP contribution < -0.4 is 0 Å². The lowest BCUT2D eigenvalue weighted by atomic mass is 9.50. The van der Waals surface area contributed by atoms with E-state index >= 15 is 0 Å². The van der Waals surface area contributed by atoms with Gasteiger partial charge in [-0.25, -0.2) is 4.79 Å². The van der Waals surface area contributed by atoms with Crippen molar-refractivity contribution in [2.75, 3.05) is 19.0 Å². The molecule has 4 bridgehead atoms. The molecule has 1 aromatic rings. The minimum absolute atomic E-state index is 0.157. The molecule has 1 aromatic carbocycles. The number of carbonyl (C=O) groups excluding carboxylic acids is 3. The fraction of sp³-hybridized carbons (Fsp3) is 0.591. The summed E-state index contributed by atoms with van der Waals surface area (Å²) >= 11 is 5.69. The Balaban J connectivity index is 1.30. The van der Waals surface area contributed by atoms with Crippen LogP contribution in [0.3, 0.4) is 0 Å². The van der Waals surface area contributed by atoms with Crippen molar-refractivity contribution >= 4 is 29.4 Å². The van der Waals surface area contributed by atoms with Crippen LogP contribution in [0, 0.1) is 23.2 Å². The second kappa shape index (κ2) is 6.58. The van der Waals surface area contributed by atoms with Crippen LogP contribution in [0.4, 0.5) is 0 Å². The summed E-state index contributed by atoms with van der Waals surface area (Å²) in [6.07, 6.45) is 7.59. The van der Waals surface area contributed by atoms with Crippen molar-refractivity contribution in [2.45, 2.75) is 38.5 Å². The van der Waals surface area contributed by atoms with E-state index in [1.807, 2.05) is 0 Å². The number of nitrogens with zero attached hydrogens (tertiary/aromatic N) is 1. The van der Waals surface area contributed by atoms with E-state index in [0.29, 0.717) is 17.7 Å². The number of halogens is 1. The predicted molar refractivity (Wildman–Crippen MR) is 103 cm³/mol. The Morgan fingerprint density at radius 2 is 1.64 bits per heavy atom. The predicted octanol–water partition coefficient (Wildman–Crippen LogP) is 3.89. The first-order valence-electron chi connectivity index (χ1n) is 10.2. The molecule has 6 rings (SSSR count). The Kier molecular flexibility index (Phi) is 4.27. The van der Waals surface area contributed by atoms with E-state index in [9.17, 15) is 14.4 Å². The molecule has 0 saturated heterocycles. The molecule has 0 radical (unpaired) electrons. The zero-order valence-corrected chi connectivity index (χ0v) is 16.5. The van der Waals surface area contributed by atoms with Crippen molar-refractivity contribution in [1.29, 1.82) is 0 Å². The van der Waals surface area contributed by atoms with Gasteiger partial charge in [0.05, 0.1) is 23.3 Å². The summed E-state index contributed by atoms with van der Waals surface area (Å²) in [7, 11) is 0. The minimum atomic E-state index is -0.408. The van der Waals surface area contributed by atoms with Crippen molar-refractivity contribution in [3.8, 4) is 0 Å². The van der Waals surface area contributed by atoms with Gasteiger partial charge in [0, 0.05) is 17.8 Å². The van der Waals surface area contributed by atoms with Crippen LogP contribution in [0.25, 0.3) is 0 Å². The number of alkyl halides is 1. The van der Waals surface area contributed by atoms with Crippen LogP contribution in [0.1, 0.15) is 69.6 Å². The number of carbonyl (C=O) groups is 3. The molecule has 148 valence electrons. The minimum Gasteiger partial charge on any atom is -0.462 e. The van der Waals surface area contributed by atoms with Gasteiger partial charge in [0.25, 0.3) is 11.8 Å². The molecule has 0 atom stereocenters. The van der Waals surface area contributed by atoms with Crippen LogP contribution in [-0.4, -0.2) is 41.7 Å². The quantitative estimate of drug-likeness (QED) is 0.426. The largest absolute Gasteiger partial charge is 0.462 e. The molecular formula is C22H24ClNO4. The van der Waals surface area contributed by atoms with Gasteiger partial charge in [-0.1, -0.05) is 0 Å². The molecule has 1 heterocycles. The van der Waals surface area contributed by atoms with E-state index < -0.39 is 11.9 Å². The summed E-state index contributed by atoms with van der Waals surface area (Å²) in [5.74, 6) is 1.45. The molecule has 0 aromatic heterocycles.